The van der Waals surface area contributed by atoms with Crippen LogP contribution in [0.25, 0.3) is 0 Å². The van der Waals surface area contributed by atoms with E-state index in [1.807, 2.05) is 6.08 Å². The minimum absolute atomic E-state index is 0.0435. The Morgan fingerprint density at radius 1 is 0.700 bits per heavy atom. The lowest BCUT2D eigenvalue weighted by Crippen LogP contribution is -2.48. The van der Waals surface area contributed by atoms with Gasteiger partial charge in [-0.05, 0) is 127 Å². The fraction of sp³-hybridized carbons (Fsp3) is 0.771. The fourth-order valence-electron chi connectivity index (χ4n) is 8.11. The summed E-state index contributed by atoms with van der Waals surface area (Å²) in [7, 11) is -3.67. The molecule has 0 aromatic rings. The van der Waals surface area contributed by atoms with Crippen molar-refractivity contribution >= 4 is 34.5 Å². The normalized spacial score (nSPS) is 32.4. The number of hydrogen-bond donors (Lipinski definition) is 0. The van der Waals surface area contributed by atoms with Crippen LogP contribution in [-0.4, -0.2) is 90.0 Å². The predicted molar refractivity (Wildman–Crippen MR) is 245 cm³/mol. The summed E-state index contributed by atoms with van der Waals surface area (Å²) in [6.07, 6.45) is 9.32. The quantitative estimate of drug-likeness (QED) is 0.0689. The molecule has 2 saturated heterocycles. The van der Waals surface area contributed by atoms with E-state index in [2.05, 4.69) is 108 Å². The molecule has 0 radical (unpaired) electrons. The highest BCUT2D eigenvalue weighted by Crippen LogP contribution is 2.55. The Kier molecular flexibility index (Phi) is 17.3. The van der Waals surface area contributed by atoms with Gasteiger partial charge < -0.3 is 32.5 Å². The van der Waals surface area contributed by atoms with Gasteiger partial charge in [-0.25, -0.2) is 0 Å². The zero-order chi connectivity index (χ0) is 45.8. The Labute approximate surface area is 365 Å². The molecule has 10 nitrogen and oxygen atoms in total. The lowest BCUT2D eigenvalue weighted by molar-refractivity contribution is -0.142. The van der Waals surface area contributed by atoms with Crippen LogP contribution < -0.4 is 0 Å². The lowest BCUT2D eigenvalue weighted by Gasteiger charge is -2.43. The second kappa shape index (κ2) is 20.0. The van der Waals surface area contributed by atoms with E-state index in [4.69, 9.17) is 32.5 Å². The molecule has 0 aromatic heterocycles. The van der Waals surface area contributed by atoms with Gasteiger partial charge in [0.15, 0.2) is 16.6 Å². The first-order valence-electron chi connectivity index (χ1n) is 22.2. The molecule has 3 saturated carbocycles. The number of carbonyl (C=O) groups is 3. The van der Waals surface area contributed by atoms with Crippen molar-refractivity contribution in [3.05, 3.63) is 48.1 Å². The highest BCUT2D eigenvalue weighted by Gasteiger charge is 2.63. The van der Waals surface area contributed by atoms with E-state index in [0.717, 1.165) is 49.7 Å². The minimum Gasteiger partial charge on any atom is -0.463 e. The first kappa shape index (κ1) is 52.0. The molecule has 2 spiro atoms. The summed E-state index contributed by atoms with van der Waals surface area (Å²) in [6, 6.07) is 0. The third-order valence-electron chi connectivity index (χ3n) is 14.0. The zero-order valence-electron chi connectivity index (χ0n) is 40.4. The van der Waals surface area contributed by atoms with Crippen molar-refractivity contribution < 1.29 is 46.9 Å². The Morgan fingerprint density at radius 2 is 1.15 bits per heavy atom. The molecular weight excluding hydrogens is 793 g/mol. The third kappa shape index (κ3) is 13.6. The van der Waals surface area contributed by atoms with E-state index in [0.29, 0.717) is 37.6 Å². The maximum Gasteiger partial charge on any atom is 0.302 e. The van der Waals surface area contributed by atoms with Gasteiger partial charge in [-0.2, -0.15) is 0 Å². The number of ether oxygens (including phenoxy) is 5. The molecular formula is C48H82O10Si2. The maximum atomic E-state index is 11.0. The fourth-order valence-corrected chi connectivity index (χ4v) is 10.7. The molecule has 3 aliphatic carbocycles. The number of rotatable bonds is 10. The van der Waals surface area contributed by atoms with E-state index in [-0.39, 0.29) is 63.6 Å². The molecule has 60 heavy (non-hydrogen) atoms. The smallest absolute Gasteiger partial charge is 0.302 e. The highest BCUT2D eigenvalue weighted by atomic mass is 28.4. The van der Waals surface area contributed by atoms with Crippen LogP contribution in [0, 0.1) is 17.8 Å². The summed E-state index contributed by atoms with van der Waals surface area (Å²) in [4.78, 5) is 32.6. The van der Waals surface area contributed by atoms with Crippen molar-refractivity contribution in [2.75, 3.05) is 19.8 Å². The van der Waals surface area contributed by atoms with Crippen LogP contribution in [0.4, 0.5) is 0 Å². The summed E-state index contributed by atoms with van der Waals surface area (Å²) in [6.45, 7) is 47.3. The molecule has 2 heterocycles. The van der Waals surface area contributed by atoms with Crippen LogP contribution in [-0.2, 0) is 46.9 Å². The van der Waals surface area contributed by atoms with Crippen LogP contribution in [0.15, 0.2) is 48.1 Å². The van der Waals surface area contributed by atoms with Crippen LogP contribution in [0.2, 0.25) is 36.3 Å². The predicted octanol–water partition coefficient (Wildman–Crippen LogP) is 11.0. The van der Waals surface area contributed by atoms with E-state index in [9.17, 15) is 14.4 Å². The monoisotopic (exact) mass is 875 g/mol. The second-order valence-electron chi connectivity index (χ2n) is 21.5. The van der Waals surface area contributed by atoms with Crippen LogP contribution in [0.5, 0.6) is 0 Å². The van der Waals surface area contributed by atoms with Crippen LogP contribution in [0.1, 0.15) is 128 Å². The third-order valence-corrected chi connectivity index (χ3v) is 23.0. The minimum atomic E-state index is -1.86. The first-order chi connectivity index (χ1) is 27.4. The summed E-state index contributed by atoms with van der Waals surface area (Å²) >= 11 is 0. The summed E-state index contributed by atoms with van der Waals surface area (Å²) < 4.78 is 40.0. The first-order valence-corrected chi connectivity index (χ1v) is 28.1. The van der Waals surface area contributed by atoms with Gasteiger partial charge in [-0.3, -0.25) is 14.4 Å². The highest BCUT2D eigenvalue weighted by molar-refractivity contribution is 6.74. The van der Waals surface area contributed by atoms with Gasteiger partial charge >= 0.3 is 17.9 Å². The van der Waals surface area contributed by atoms with E-state index in [1.165, 1.54) is 38.3 Å². The topological polar surface area (TPSA) is 122 Å². The number of epoxide rings is 2. The SMILES string of the molecule is C=C1/C(=C/COC(C)=O)C[C@H](C)CC1O[Si](C)(C)C(C)(C)C.C=C1C(O[Si](C)(C)C(C)(C)C)C[C@@H](C)CC12OC2COC(C)=O.C=C1CC[C@H](C)CC12OC2COC(C)=O. The molecule has 12 heteroatoms. The van der Waals surface area contributed by atoms with Gasteiger partial charge in [0.1, 0.15) is 43.2 Å². The second-order valence-corrected chi connectivity index (χ2v) is 31.0. The molecule has 5 fully saturated rings. The number of esters is 3. The molecule has 0 bridgehead atoms. The number of carbonyl (C=O) groups excluding carboxylic acids is 3. The molecule has 342 valence electrons. The Balaban J connectivity index is 0.000000245. The van der Waals surface area contributed by atoms with Crippen molar-refractivity contribution in [2.45, 2.75) is 200 Å². The van der Waals surface area contributed by atoms with Gasteiger partial charge in [0.2, 0.25) is 0 Å². The molecule has 5 aliphatic rings. The standard InChI is InChI=1S/C18H32O4Si.C18H32O3Si.C12H18O3/c1-12-9-15(22-23(7,8)17(4,5)6)13(2)18(10-12)16(21-18)11-20-14(3)19;1-13-11-16(9-10-20-15(3)19)14(2)17(12-13)21-22(7,8)18(4,5)6;1-8-4-5-9(2)12(6-8)11(15-12)7-14-10(3)13/h12,15-16H,2,9-11H2,1,3-8H3;9,13,17H,2,10-12H2,1,3-8H3;8,11H,2,4-7H2,1,3H3/b;16-9+;/t12-,15?,16?,18?;13-,17?;8-,11?,12?/m100/s1. The Hall–Kier alpha value is -2.36. The maximum absolute atomic E-state index is 11.0. The van der Waals surface area contributed by atoms with Crippen molar-refractivity contribution in [3.63, 3.8) is 0 Å². The van der Waals surface area contributed by atoms with Crippen molar-refractivity contribution in [1.29, 1.82) is 0 Å². The van der Waals surface area contributed by atoms with Gasteiger partial charge in [0.05, 0.1) is 12.2 Å². The molecule has 0 aromatic carbocycles. The van der Waals surface area contributed by atoms with Gasteiger partial charge in [-0.15, -0.1) is 0 Å². The van der Waals surface area contributed by atoms with Crippen molar-refractivity contribution in [2.24, 2.45) is 17.8 Å². The molecule has 0 N–H and O–H groups in total. The molecule has 5 rings (SSSR count). The van der Waals surface area contributed by atoms with Crippen molar-refractivity contribution in [1.82, 2.24) is 0 Å². The molecule has 2 aliphatic heterocycles. The molecule has 6 unspecified atom stereocenters. The van der Waals surface area contributed by atoms with Gasteiger partial charge in [0.25, 0.3) is 0 Å². The summed E-state index contributed by atoms with van der Waals surface area (Å²) in [5, 5.41) is 0.359. The van der Waals surface area contributed by atoms with Crippen LogP contribution in [0.3, 0.4) is 0 Å². The van der Waals surface area contributed by atoms with E-state index >= 15 is 0 Å². The van der Waals surface area contributed by atoms with Crippen LogP contribution >= 0.6 is 0 Å². The van der Waals surface area contributed by atoms with E-state index < -0.39 is 16.6 Å². The largest absolute Gasteiger partial charge is 0.463 e. The zero-order valence-corrected chi connectivity index (χ0v) is 42.4. The molecule has 9 atom stereocenters. The Morgan fingerprint density at radius 3 is 1.65 bits per heavy atom. The lowest BCUT2D eigenvalue weighted by atomic mass is 9.75. The average Bonchev–Trinajstić information content (AvgIpc) is 3.99. The van der Waals surface area contributed by atoms with Crippen molar-refractivity contribution in [3.8, 4) is 0 Å². The summed E-state index contributed by atoms with van der Waals surface area (Å²) in [5.41, 5.74) is 3.96. The van der Waals surface area contributed by atoms with Gasteiger partial charge in [0, 0.05) is 20.8 Å². The summed E-state index contributed by atoms with van der Waals surface area (Å²) in [5.74, 6) is 0.994. The average molecular weight is 875 g/mol. The molecule has 0 amide bonds. The Bertz CT molecular complexity index is 1620. The number of hydrogen-bond acceptors (Lipinski definition) is 10. The van der Waals surface area contributed by atoms with Gasteiger partial charge in [-0.1, -0.05) is 82.1 Å². The van der Waals surface area contributed by atoms with E-state index in [1.54, 1.807) is 0 Å².